The zero-order valence-electron chi connectivity index (χ0n) is 29.5. The van der Waals surface area contributed by atoms with Gasteiger partial charge in [0.1, 0.15) is 18.2 Å². The number of rotatable bonds is 12. The van der Waals surface area contributed by atoms with E-state index in [2.05, 4.69) is 70.0 Å². The topological polar surface area (TPSA) is 42.2 Å². The third kappa shape index (κ3) is 10.1. The molecule has 1 saturated carbocycles. The van der Waals surface area contributed by atoms with Gasteiger partial charge in [-0.05, 0) is 131 Å². The van der Waals surface area contributed by atoms with Crippen LogP contribution in [0.3, 0.4) is 0 Å². The van der Waals surface area contributed by atoms with E-state index in [1.54, 1.807) is 12.1 Å². The van der Waals surface area contributed by atoms with Gasteiger partial charge in [-0.15, -0.1) is 0 Å². The summed E-state index contributed by atoms with van der Waals surface area (Å²) in [6, 6.07) is 7.10. The summed E-state index contributed by atoms with van der Waals surface area (Å²) < 4.78 is 26.4. The number of allylic oxidation sites excluding steroid dienone is 11. The Balaban J connectivity index is 1.24. The Morgan fingerprint density at radius 1 is 1.14 bits per heavy atom. The molecule has 0 radical (unpaired) electrons. The van der Waals surface area contributed by atoms with Gasteiger partial charge in [0.2, 0.25) is 0 Å². The average molecular weight is 682 g/mol. The average Bonchev–Trinajstić information content (AvgIpc) is 3.35. The molecule has 3 aliphatic carbocycles. The maximum Gasteiger partial charge on any atom is 0.131 e. The van der Waals surface area contributed by atoms with Gasteiger partial charge in [0.25, 0.3) is 0 Å². The lowest BCUT2D eigenvalue weighted by atomic mass is 9.72. The van der Waals surface area contributed by atoms with E-state index in [1.165, 1.54) is 47.6 Å². The van der Waals surface area contributed by atoms with Crippen molar-refractivity contribution in [1.29, 1.82) is 5.26 Å². The first-order chi connectivity index (χ1) is 23.6. The molecule has 0 spiro atoms. The highest BCUT2D eigenvalue weighted by atomic mass is 35.5. The predicted octanol–water partition coefficient (Wildman–Crippen LogP) is 12.3. The number of nitrogens with zero attached hydrogens (tertiary/aromatic N) is 1. The Morgan fingerprint density at radius 3 is 2.67 bits per heavy atom. The van der Waals surface area contributed by atoms with Crippen molar-refractivity contribution in [1.82, 2.24) is 0 Å². The van der Waals surface area contributed by atoms with Crippen molar-refractivity contribution in [3.05, 3.63) is 130 Å². The Morgan fingerprint density at radius 2 is 1.96 bits per heavy atom. The first-order valence-corrected chi connectivity index (χ1v) is 18.6. The van der Waals surface area contributed by atoms with Crippen LogP contribution in [0, 0.1) is 46.7 Å². The van der Waals surface area contributed by atoms with E-state index < -0.39 is 0 Å². The van der Waals surface area contributed by atoms with E-state index in [9.17, 15) is 9.65 Å². The molecule has 4 aliphatic rings. The predicted molar refractivity (Wildman–Crippen MR) is 200 cm³/mol. The summed E-state index contributed by atoms with van der Waals surface area (Å²) in [7, 11) is 0. The summed E-state index contributed by atoms with van der Waals surface area (Å²) in [4.78, 5) is 0. The number of benzene rings is 1. The molecule has 6 atom stereocenters. The first-order valence-electron chi connectivity index (χ1n) is 18.2. The summed E-state index contributed by atoms with van der Waals surface area (Å²) in [5.74, 6) is 2.12. The summed E-state index contributed by atoms with van der Waals surface area (Å²) in [6.45, 7) is 18.5. The second-order valence-electron chi connectivity index (χ2n) is 14.7. The zero-order chi connectivity index (χ0) is 34.9. The molecule has 0 amide bonds. The standard InChI is InChI=1S/C44H53ClFNO2/c1-29(2)42(38(25-41-19-20-48-41)24-35-15-13-30(3)39(27-47)21-31(35)4)23-33-9-8-11-34(16-14-33)36-10-6-7-12-44(32(5)22-36)49-28-37-17-18-40(45)26-43(37)46/h6,10,12,15,17-18,21-22,26,33-34,38-39,41-42H,1,3,5,7-9,11,13-14,16,19-20,23-25,28H2,2,4H3/b10-6-,36-22+,44-12+/t33?,34?,38?,39?,41-,42?/m0/s1. The van der Waals surface area contributed by atoms with Gasteiger partial charge in [0.05, 0.1) is 18.1 Å². The van der Waals surface area contributed by atoms with Gasteiger partial charge < -0.3 is 9.47 Å². The fourth-order valence-corrected chi connectivity index (χ4v) is 8.16. The smallest absolute Gasteiger partial charge is 0.131 e. The molecule has 2 fully saturated rings. The molecular weight excluding hydrogens is 629 g/mol. The van der Waals surface area contributed by atoms with Crippen LogP contribution >= 0.6 is 11.6 Å². The van der Waals surface area contributed by atoms with Crippen molar-refractivity contribution >= 4 is 11.6 Å². The minimum atomic E-state index is -0.362. The molecule has 260 valence electrons. The molecule has 0 bridgehead atoms. The highest BCUT2D eigenvalue weighted by molar-refractivity contribution is 6.30. The van der Waals surface area contributed by atoms with Crippen LogP contribution in [0.1, 0.15) is 90.0 Å². The lowest BCUT2D eigenvalue weighted by Crippen LogP contribution is -2.32. The van der Waals surface area contributed by atoms with Crippen LogP contribution in [0.2, 0.25) is 5.02 Å². The highest BCUT2D eigenvalue weighted by Gasteiger charge is 2.33. The van der Waals surface area contributed by atoms with E-state index in [0.29, 0.717) is 46.1 Å². The van der Waals surface area contributed by atoms with Gasteiger partial charge in [-0.2, -0.15) is 5.26 Å². The third-order valence-corrected chi connectivity index (χ3v) is 11.3. The van der Waals surface area contributed by atoms with Crippen molar-refractivity contribution < 1.29 is 13.9 Å². The highest BCUT2D eigenvalue weighted by Crippen LogP contribution is 2.43. The number of hydrogen-bond acceptors (Lipinski definition) is 3. The van der Waals surface area contributed by atoms with Crippen molar-refractivity contribution in [3.63, 3.8) is 0 Å². The summed E-state index contributed by atoms with van der Waals surface area (Å²) in [6.07, 6.45) is 25.2. The quantitative estimate of drug-likeness (QED) is 0.163. The van der Waals surface area contributed by atoms with Crippen molar-refractivity contribution in [2.24, 2.45) is 29.6 Å². The molecule has 1 heterocycles. The lowest BCUT2D eigenvalue weighted by Gasteiger charge is -2.36. The molecular formula is C44H53ClFNO2. The maximum atomic E-state index is 14.4. The van der Waals surface area contributed by atoms with E-state index in [-0.39, 0.29) is 18.3 Å². The zero-order valence-corrected chi connectivity index (χ0v) is 30.2. The maximum absolute atomic E-state index is 14.4. The number of hydrogen-bond donors (Lipinski definition) is 0. The van der Waals surface area contributed by atoms with Crippen molar-refractivity contribution in [2.45, 2.75) is 97.2 Å². The Kier molecular flexibility index (Phi) is 13.2. The van der Waals surface area contributed by atoms with Gasteiger partial charge >= 0.3 is 0 Å². The SMILES string of the molecule is C=C1/C=C(C2CCCC(CC(C(=C)C)C(CC3=CCC(=C)C(C#N)C=C3C)C[C@@H]3CCO3)CC2)\C=C/C/C=C\1OCc1ccc(Cl)cc1F. The molecule has 49 heavy (non-hydrogen) atoms. The first kappa shape index (κ1) is 36.9. The van der Waals surface area contributed by atoms with Gasteiger partial charge in [-0.3, -0.25) is 0 Å². The molecule has 5 rings (SSSR count). The second kappa shape index (κ2) is 17.5. The van der Waals surface area contributed by atoms with Crippen molar-refractivity contribution in [3.8, 4) is 6.07 Å². The lowest BCUT2D eigenvalue weighted by molar-refractivity contribution is -0.0663. The Bertz CT molecular complexity index is 1600. The number of nitriles is 1. The fourth-order valence-electron chi connectivity index (χ4n) is 8.00. The van der Waals surface area contributed by atoms with Crippen LogP contribution in [0.5, 0.6) is 0 Å². The monoisotopic (exact) mass is 681 g/mol. The largest absolute Gasteiger partial charge is 0.489 e. The molecule has 5 unspecified atom stereocenters. The number of halogens is 2. The van der Waals surface area contributed by atoms with Crippen molar-refractivity contribution in [2.75, 3.05) is 6.61 Å². The van der Waals surface area contributed by atoms with Crippen LogP contribution in [-0.2, 0) is 16.1 Å². The summed E-state index contributed by atoms with van der Waals surface area (Å²) in [5, 5.41) is 10.1. The van der Waals surface area contributed by atoms with E-state index >= 15 is 0 Å². The van der Waals surface area contributed by atoms with Gasteiger partial charge in [0.15, 0.2) is 0 Å². The van der Waals surface area contributed by atoms with E-state index in [4.69, 9.17) is 21.1 Å². The number of ether oxygens (including phenoxy) is 2. The molecule has 3 nitrogen and oxygen atoms in total. The minimum Gasteiger partial charge on any atom is -0.489 e. The summed E-state index contributed by atoms with van der Waals surface area (Å²) in [5.41, 5.74) is 7.44. The van der Waals surface area contributed by atoms with Crippen LogP contribution in [0.4, 0.5) is 4.39 Å². The molecule has 1 aromatic carbocycles. The van der Waals surface area contributed by atoms with Crippen LogP contribution in [0.25, 0.3) is 0 Å². The molecule has 5 heteroatoms. The van der Waals surface area contributed by atoms with E-state index in [1.807, 2.05) is 6.08 Å². The van der Waals surface area contributed by atoms with Gasteiger partial charge in [0, 0.05) is 22.8 Å². The molecule has 1 aromatic rings. The molecule has 0 aromatic heterocycles. The molecule has 1 saturated heterocycles. The van der Waals surface area contributed by atoms with Crippen LogP contribution in [-0.4, -0.2) is 12.7 Å². The normalized spacial score (nSPS) is 28.6. The van der Waals surface area contributed by atoms with Crippen LogP contribution in [0.15, 0.2) is 114 Å². The molecule has 0 N–H and O–H groups in total. The third-order valence-electron chi connectivity index (χ3n) is 11.1. The van der Waals surface area contributed by atoms with E-state index in [0.717, 1.165) is 69.1 Å². The second-order valence-corrected chi connectivity index (χ2v) is 15.1. The Labute approximate surface area is 299 Å². The minimum absolute atomic E-state index is 0.131. The fraction of sp³-hybridized carbons (Fsp3) is 0.477. The van der Waals surface area contributed by atoms with Gasteiger partial charge in [-0.25, -0.2) is 4.39 Å². The van der Waals surface area contributed by atoms with Crippen LogP contribution < -0.4 is 0 Å². The van der Waals surface area contributed by atoms with Gasteiger partial charge in [-0.1, -0.05) is 91.3 Å². The summed E-state index contributed by atoms with van der Waals surface area (Å²) >= 11 is 5.93. The Hall–Kier alpha value is -3.39. The molecule has 1 aliphatic heterocycles.